The van der Waals surface area contributed by atoms with Crippen molar-refractivity contribution in [1.29, 1.82) is 0 Å². The predicted octanol–water partition coefficient (Wildman–Crippen LogP) is 5.31. The maximum absolute atomic E-state index is 13.4. The summed E-state index contributed by atoms with van der Waals surface area (Å²) in [6, 6.07) is 19.1. The standard InChI is InChI=1S/C31H32N2O3/c1-20(2)36-30-14-12-23(11-13-24-15-21(3)9-10-22(24)4)16-28(30)31(35)33-26(19-34)17-25-18-32-29-8-6-5-7-27(25)29/h5-10,12,14-16,18,20,26,32,34H,17,19H2,1-4H3,(H,33,35)/t26-/m1/s1. The largest absolute Gasteiger partial charge is 0.490 e. The van der Waals surface area contributed by atoms with Gasteiger partial charge in [-0.1, -0.05) is 42.2 Å². The van der Waals surface area contributed by atoms with Crippen LogP contribution in [0.5, 0.6) is 5.75 Å². The van der Waals surface area contributed by atoms with E-state index in [4.69, 9.17) is 4.74 Å². The third-order valence-electron chi connectivity index (χ3n) is 6.02. The smallest absolute Gasteiger partial charge is 0.255 e. The van der Waals surface area contributed by atoms with E-state index in [-0.39, 0.29) is 18.6 Å². The van der Waals surface area contributed by atoms with Gasteiger partial charge in [0.15, 0.2) is 0 Å². The average Bonchev–Trinajstić information content (AvgIpc) is 3.27. The molecule has 36 heavy (non-hydrogen) atoms. The zero-order valence-electron chi connectivity index (χ0n) is 21.2. The molecule has 0 spiro atoms. The molecule has 0 radical (unpaired) electrons. The molecule has 0 bridgehead atoms. The molecule has 5 heteroatoms. The van der Waals surface area contributed by atoms with Gasteiger partial charge in [-0.3, -0.25) is 4.79 Å². The summed E-state index contributed by atoms with van der Waals surface area (Å²) >= 11 is 0. The molecule has 1 heterocycles. The van der Waals surface area contributed by atoms with Crippen molar-refractivity contribution >= 4 is 16.8 Å². The number of aromatic nitrogens is 1. The Morgan fingerprint density at radius 3 is 2.64 bits per heavy atom. The number of carbonyl (C=O) groups excluding carboxylic acids is 1. The highest BCUT2D eigenvalue weighted by molar-refractivity contribution is 5.97. The molecule has 0 aliphatic heterocycles. The van der Waals surface area contributed by atoms with Crippen molar-refractivity contribution in [1.82, 2.24) is 10.3 Å². The van der Waals surface area contributed by atoms with Gasteiger partial charge in [0.1, 0.15) is 5.75 Å². The van der Waals surface area contributed by atoms with Crippen LogP contribution >= 0.6 is 0 Å². The lowest BCUT2D eigenvalue weighted by Gasteiger charge is -2.19. The van der Waals surface area contributed by atoms with E-state index in [1.807, 2.05) is 64.2 Å². The topological polar surface area (TPSA) is 74.3 Å². The molecule has 1 aromatic heterocycles. The molecule has 0 saturated carbocycles. The van der Waals surface area contributed by atoms with Crippen LogP contribution in [0.15, 0.2) is 66.9 Å². The SMILES string of the molecule is Cc1ccc(C)c(C#Cc2ccc(OC(C)C)c(C(=O)N[C@@H](CO)Cc3c[nH]c4ccccc34)c2)c1. The third-order valence-corrected chi connectivity index (χ3v) is 6.02. The number of nitrogens with one attached hydrogen (secondary N) is 2. The Labute approximate surface area is 212 Å². The second-order valence-corrected chi connectivity index (χ2v) is 9.36. The van der Waals surface area contributed by atoms with E-state index in [0.29, 0.717) is 23.3 Å². The number of benzene rings is 3. The molecule has 0 saturated heterocycles. The summed E-state index contributed by atoms with van der Waals surface area (Å²) in [5, 5.41) is 14.1. The Kier molecular flexibility index (Phi) is 7.77. The molecule has 4 aromatic rings. The van der Waals surface area contributed by atoms with Gasteiger partial charge in [0.2, 0.25) is 0 Å². The van der Waals surface area contributed by atoms with Gasteiger partial charge in [-0.05, 0) is 81.1 Å². The number of aromatic amines is 1. The lowest BCUT2D eigenvalue weighted by molar-refractivity contribution is 0.0910. The fraction of sp³-hybridized carbons (Fsp3) is 0.258. The second kappa shape index (κ2) is 11.2. The highest BCUT2D eigenvalue weighted by Gasteiger charge is 2.19. The summed E-state index contributed by atoms with van der Waals surface area (Å²) in [6.45, 7) is 7.73. The summed E-state index contributed by atoms with van der Waals surface area (Å²) in [7, 11) is 0. The summed E-state index contributed by atoms with van der Waals surface area (Å²) in [5.41, 5.74) is 6.39. The first kappa shape index (κ1) is 25.1. The molecule has 0 aliphatic rings. The van der Waals surface area contributed by atoms with Crippen LogP contribution in [0.2, 0.25) is 0 Å². The molecule has 5 nitrogen and oxygen atoms in total. The quantitative estimate of drug-likeness (QED) is 0.314. The van der Waals surface area contributed by atoms with Crippen LogP contribution in [-0.2, 0) is 6.42 Å². The van der Waals surface area contributed by atoms with Gasteiger partial charge in [-0.15, -0.1) is 0 Å². The summed E-state index contributed by atoms with van der Waals surface area (Å²) in [4.78, 5) is 16.6. The number of fused-ring (bicyclic) bond motifs is 1. The zero-order chi connectivity index (χ0) is 25.7. The van der Waals surface area contributed by atoms with Crippen LogP contribution in [0, 0.1) is 25.7 Å². The molecule has 1 atom stereocenters. The molecule has 184 valence electrons. The third kappa shape index (κ3) is 5.97. The number of para-hydroxylation sites is 1. The normalized spacial score (nSPS) is 11.7. The van der Waals surface area contributed by atoms with Gasteiger partial charge in [0.25, 0.3) is 5.91 Å². The molecule has 0 unspecified atom stereocenters. The van der Waals surface area contributed by atoms with E-state index in [2.05, 4.69) is 40.3 Å². The Morgan fingerprint density at radius 2 is 1.86 bits per heavy atom. The fourth-order valence-corrected chi connectivity index (χ4v) is 4.14. The number of amides is 1. The van der Waals surface area contributed by atoms with Crippen LogP contribution in [0.4, 0.5) is 0 Å². The average molecular weight is 481 g/mol. The maximum atomic E-state index is 13.4. The number of aliphatic hydroxyl groups excluding tert-OH is 1. The number of H-pyrrole nitrogens is 1. The van der Waals surface area contributed by atoms with Crippen molar-refractivity contribution in [3.63, 3.8) is 0 Å². The number of ether oxygens (including phenoxy) is 1. The predicted molar refractivity (Wildman–Crippen MR) is 144 cm³/mol. The van der Waals surface area contributed by atoms with E-state index in [1.54, 1.807) is 12.1 Å². The Hall–Kier alpha value is -4.01. The summed E-state index contributed by atoms with van der Waals surface area (Å²) in [5.74, 6) is 6.60. The van der Waals surface area contributed by atoms with E-state index in [0.717, 1.165) is 33.2 Å². The Morgan fingerprint density at radius 1 is 1.06 bits per heavy atom. The number of hydrogen-bond acceptors (Lipinski definition) is 3. The number of rotatable bonds is 7. The minimum Gasteiger partial charge on any atom is -0.490 e. The lowest BCUT2D eigenvalue weighted by Crippen LogP contribution is -2.39. The van der Waals surface area contributed by atoms with Crippen molar-refractivity contribution in [3.8, 4) is 17.6 Å². The Bertz CT molecular complexity index is 1440. The first-order valence-electron chi connectivity index (χ1n) is 12.2. The number of hydrogen-bond donors (Lipinski definition) is 3. The van der Waals surface area contributed by atoms with Crippen molar-refractivity contribution in [3.05, 3.63) is 100 Å². The van der Waals surface area contributed by atoms with E-state index in [9.17, 15) is 9.90 Å². The van der Waals surface area contributed by atoms with Gasteiger partial charge in [0.05, 0.1) is 24.3 Å². The highest BCUT2D eigenvalue weighted by Crippen LogP contribution is 2.23. The summed E-state index contributed by atoms with van der Waals surface area (Å²) < 4.78 is 5.92. The van der Waals surface area contributed by atoms with Crippen LogP contribution in [0.3, 0.4) is 0 Å². The fourth-order valence-electron chi connectivity index (χ4n) is 4.14. The van der Waals surface area contributed by atoms with Crippen LogP contribution in [0.1, 0.15) is 52.0 Å². The van der Waals surface area contributed by atoms with Crippen LogP contribution < -0.4 is 10.1 Å². The summed E-state index contributed by atoms with van der Waals surface area (Å²) in [6.07, 6.45) is 2.33. The van der Waals surface area contributed by atoms with Crippen molar-refractivity contribution in [2.75, 3.05) is 6.61 Å². The molecule has 3 aromatic carbocycles. The van der Waals surface area contributed by atoms with E-state index < -0.39 is 6.04 Å². The van der Waals surface area contributed by atoms with Crippen molar-refractivity contribution in [2.45, 2.75) is 46.3 Å². The minimum atomic E-state index is -0.451. The monoisotopic (exact) mass is 480 g/mol. The minimum absolute atomic E-state index is 0.0942. The molecule has 0 fully saturated rings. The van der Waals surface area contributed by atoms with Crippen molar-refractivity contribution < 1.29 is 14.6 Å². The van der Waals surface area contributed by atoms with Crippen molar-refractivity contribution in [2.24, 2.45) is 0 Å². The van der Waals surface area contributed by atoms with Gasteiger partial charge < -0.3 is 20.1 Å². The van der Waals surface area contributed by atoms with Gasteiger partial charge in [-0.2, -0.15) is 0 Å². The highest BCUT2D eigenvalue weighted by atomic mass is 16.5. The molecular formula is C31H32N2O3. The molecule has 3 N–H and O–H groups in total. The van der Waals surface area contributed by atoms with Crippen LogP contribution in [0.25, 0.3) is 10.9 Å². The van der Waals surface area contributed by atoms with E-state index in [1.165, 1.54) is 0 Å². The first-order valence-corrected chi connectivity index (χ1v) is 12.2. The molecule has 0 aliphatic carbocycles. The first-order chi connectivity index (χ1) is 17.3. The second-order valence-electron chi connectivity index (χ2n) is 9.36. The lowest BCUT2D eigenvalue weighted by atomic mass is 10.0. The number of aryl methyl sites for hydroxylation is 2. The molecule has 1 amide bonds. The van der Waals surface area contributed by atoms with E-state index >= 15 is 0 Å². The molecule has 4 rings (SSSR count). The van der Waals surface area contributed by atoms with Gasteiger partial charge >= 0.3 is 0 Å². The Balaban J connectivity index is 1.59. The number of aliphatic hydroxyl groups is 1. The maximum Gasteiger partial charge on any atom is 0.255 e. The number of carbonyl (C=O) groups is 1. The van der Waals surface area contributed by atoms with Crippen LogP contribution in [-0.4, -0.2) is 34.8 Å². The zero-order valence-corrected chi connectivity index (χ0v) is 21.2. The van der Waals surface area contributed by atoms with Gasteiger partial charge in [-0.25, -0.2) is 0 Å². The molecular weight excluding hydrogens is 448 g/mol. The van der Waals surface area contributed by atoms with Gasteiger partial charge in [0, 0.05) is 28.2 Å².